The van der Waals surface area contributed by atoms with Crippen LogP contribution < -0.4 is 5.32 Å². The normalized spacial score (nSPS) is 17.8. The summed E-state index contributed by atoms with van der Waals surface area (Å²) in [6.45, 7) is 6.01. The minimum atomic E-state index is -0.565. The molecule has 1 saturated heterocycles. The fourth-order valence-corrected chi connectivity index (χ4v) is 3.83. The lowest BCUT2D eigenvalue weighted by atomic mass is 10.2. The Hall–Kier alpha value is -2.93. The van der Waals surface area contributed by atoms with Crippen LogP contribution in [0.2, 0.25) is 0 Å². The van der Waals surface area contributed by atoms with Crippen LogP contribution in [-0.2, 0) is 9.59 Å². The van der Waals surface area contributed by atoms with Gasteiger partial charge < -0.3 is 5.32 Å². The summed E-state index contributed by atoms with van der Waals surface area (Å²) in [5.41, 5.74) is 2.35. The molecule has 0 radical (unpaired) electrons. The van der Waals surface area contributed by atoms with E-state index in [4.69, 9.17) is 0 Å². The second-order valence-electron chi connectivity index (χ2n) is 6.33. The monoisotopic (exact) mass is 397 g/mol. The van der Waals surface area contributed by atoms with Crippen molar-refractivity contribution in [2.45, 2.75) is 18.6 Å². The number of rotatable bonds is 6. The average Bonchev–Trinajstić information content (AvgIpc) is 2.94. The Kier molecular flexibility index (Phi) is 6.26. The zero-order valence-corrected chi connectivity index (χ0v) is 16.2. The Bertz CT molecular complexity index is 910. The van der Waals surface area contributed by atoms with E-state index in [1.165, 1.54) is 40.9 Å². The molecule has 0 unspecified atom stereocenters. The number of amides is 2. The van der Waals surface area contributed by atoms with Crippen LogP contribution in [0, 0.1) is 12.7 Å². The number of hydrogen-bond acceptors (Lipinski definition) is 4. The van der Waals surface area contributed by atoms with Crippen LogP contribution in [0.25, 0.3) is 0 Å². The summed E-state index contributed by atoms with van der Waals surface area (Å²) in [7, 11) is 0. The number of hydrogen-bond donors (Lipinski definition) is 1. The van der Waals surface area contributed by atoms with Gasteiger partial charge in [0.1, 0.15) is 11.1 Å². The van der Waals surface area contributed by atoms with E-state index in [0.29, 0.717) is 17.4 Å². The van der Waals surface area contributed by atoms with Gasteiger partial charge in [-0.3, -0.25) is 14.5 Å². The van der Waals surface area contributed by atoms with Crippen molar-refractivity contribution in [3.8, 4) is 0 Å². The predicted octanol–water partition coefficient (Wildman–Crippen LogP) is 4.28. The highest BCUT2D eigenvalue weighted by Gasteiger charge is 2.38. The molecular weight excluding hydrogens is 377 g/mol. The number of nitrogens with zero attached hydrogens (tertiary/aromatic N) is 2. The third-order valence-corrected chi connectivity index (χ3v) is 5.26. The highest BCUT2D eigenvalue weighted by atomic mass is 32.2. The first kappa shape index (κ1) is 19.8. The molecule has 28 heavy (non-hydrogen) atoms. The lowest BCUT2D eigenvalue weighted by Gasteiger charge is -2.13. The van der Waals surface area contributed by atoms with Gasteiger partial charge >= 0.3 is 0 Å². The molecule has 0 spiro atoms. The summed E-state index contributed by atoms with van der Waals surface area (Å²) in [4.78, 5) is 31.1. The Morgan fingerprint density at radius 1 is 1.25 bits per heavy atom. The summed E-state index contributed by atoms with van der Waals surface area (Å²) in [6.07, 6.45) is 1.63. The van der Waals surface area contributed by atoms with E-state index in [9.17, 15) is 14.0 Å². The molecule has 0 saturated carbocycles. The molecule has 2 amide bonds. The molecule has 1 heterocycles. The Morgan fingerprint density at radius 3 is 2.57 bits per heavy atom. The number of amidine groups is 1. The Labute approximate surface area is 167 Å². The van der Waals surface area contributed by atoms with Crippen LogP contribution in [0.15, 0.2) is 66.2 Å². The Morgan fingerprint density at radius 2 is 1.93 bits per heavy atom. The van der Waals surface area contributed by atoms with Crippen molar-refractivity contribution in [2.24, 2.45) is 4.99 Å². The van der Waals surface area contributed by atoms with E-state index in [0.717, 1.165) is 11.3 Å². The van der Waals surface area contributed by atoms with Crippen LogP contribution >= 0.6 is 11.8 Å². The van der Waals surface area contributed by atoms with Crippen LogP contribution in [0.5, 0.6) is 0 Å². The fourth-order valence-electron chi connectivity index (χ4n) is 2.67. The van der Waals surface area contributed by atoms with Gasteiger partial charge in [-0.05, 0) is 43.3 Å². The van der Waals surface area contributed by atoms with Crippen LogP contribution in [-0.4, -0.2) is 33.7 Å². The van der Waals surface area contributed by atoms with Gasteiger partial charge in [0.15, 0.2) is 5.17 Å². The number of halogens is 1. The van der Waals surface area contributed by atoms with Gasteiger partial charge in [-0.25, -0.2) is 9.38 Å². The van der Waals surface area contributed by atoms with E-state index in [1.807, 2.05) is 31.2 Å². The summed E-state index contributed by atoms with van der Waals surface area (Å²) < 4.78 is 13.0. The number of benzene rings is 2. The summed E-state index contributed by atoms with van der Waals surface area (Å²) in [6, 6.07) is 13.2. The van der Waals surface area contributed by atoms with Crippen LogP contribution in [0.1, 0.15) is 12.0 Å². The molecule has 1 atom stereocenters. The lowest BCUT2D eigenvalue weighted by Crippen LogP contribution is -2.33. The predicted molar refractivity (Wildman–Crippen MR) is 111 cm³/mol. The van der Waals surface area contributed by atoms with Crippen LogP contribution in [0.3, 0.4) is 0 Å². The third kappa shape index (κ3) is 4.86. The molecule has 1 aliphatic heterocycles. The van der Waals surface area contributed by atoms with Crippen molar-refractivity contribution in [2.75, 3.05) is 11.9 Å². The quantitative estimate of drug-likeness (QED) is 0.740. The van der Waals surface area contributed by atoms with Crippen molar-refractivity contribution in [1.82, 2.24) is 4.90 Å². The number of nitrogens with one attached hydrogen (secondary N) is 1. The molecule has 2 aromatic carbocycles. The SMILES string of the molecule is C=CCN1C(=O)[C@H](CC(=O)Nc2ccc(F)cc2)SC1=Nc1ccc(C)cc1. The van der Waals surface area contributed by atoms with Gasteiger partial charge in [0.2, 0.25) is 11.8 Å². The molecule has 1 fully saturated rings. The van der Waals surface area contributed by atoms with Gasteiger partial charge in [0, 0.05) is 18.7 Å². The molecule has 3 rings (SSSR count). The number of carbonyl (C=O) groups is 2. The molecule has 144 valence electrons. The largest absolute Gasteiger partial charge is 0.326 e. The molecule has 0 aliphatic carbocycles. The minimum Gasteiger partial charge on any atom is -0.326 e. The molecule has 1 N–H and O–H groups in total. The number of aliphatic imine (C=N–C) groups is 1. The van der Waals surface area contributed by atoms with Gasteiger partial charge in [-0.2, -0.15) is 0 Å². The van der Waals surface area contributed by atoms with E-state index in [1.54, 1.807) is 6.08 Å². The topological polar surface area (TPSA) is 61.8 Å². The summed E-state index contributed by atoms with van der Waals surface area (Å²) >= 11 is 1.26. The smallest absolute Gasteiger partial charge is 0.242 e. The van der Waals surface area contributed by atoms with Crippen molar-refractivity contribution < 1.29 is 14.0 Å². The van der Waals surface area contributed by atoms with Gasteiger partial charge in [0.25, 0.3) is 0 Å². The first-order valence-corrected chi connectivity index (χ1v) is 9.64. The van der Waals surface area contributed by atoms with Crippen molar-refractivity contribution in [1.29, 1.82) is 0 Å². The first-order chi connectivity index (χ1) is 13.5. The molecule has 0 bridgehead atoms. The van der Waals surface area contributed by atoms with Crippen molar-refractivity contribution in [3.63, 3.8) is 0 Å². The maximum Gasteiger partial charge on any atom is 0.242 e. The number of carbonyl (C=O) groups excluding carboxylic acids is 2. The zero-order valence-electron chi connectivity index (χ0n) is 15.4. The summed E-state index contributed by atoms with van der Waals surface area (Å²) in [5, 5.41) is 2.67. The standard InChI is InChI=1S/C21H20FN3O2S/c1-3-12-25-20(27)18(13-19(26)23-16-10-6-15(22)7-11-16)28-21(25)24-17-8-4-14(2)5-9-17/h3-11,18H,1,12-13H2,2H3,(H,23,26)/t18-/m0/s1. The van der Waals surface area contributed by atoms with Gasteiger partial charge in [-0.15, -0.1) is 6.58 Å². The number of anilines is 1. The molecular formula is C21H20FN3O2S. The first-order valence-electron chi connectivity index (χ1n) is 8.76. The molecule has 5 nitrogen and oxygen atoms in total. The molecule has 1 aliphatic rings. The van der Waals surface area contributed by atoms with E-state index < -0.39 is 5.25 Å². The van der Waals surface area contributed by atoms with Crippen molar-refractivity contribution in [3.05, 3.63) is 72.6 Å². The number of thioether (sulfide) groups is 1. The second-order valence-corrected chi connectivity index (χ2v) is 7.50. The maximum absolute atomic E-state index is 13.0. The third-order valence-electron chi connectivity index (χ3n) is 4.09. The highest BCUT2D eigenvalue weighted by Crippen LogP contribution is 2.31. The van der Waals surface area contributed by atoms with Crippen molar-refractivity contribution >= 4 is 40.1 Å². The van der Waals surface area contributed by atoms with Gasteiger partial charge in [-0.1, -0.05) is 35.5 Å². The lowest BCUT2D eigenvalue weighted by molar-refractivity contribution is -0.127. The average molecular weight is 397 g/mol. The number of aryl methyl sites for hydroxylation is 1. The Balaban J connectivity index is 1.72. The van der Waals surface area contributed by atoms with E-state index in [-0.39, 0.29) is 24.1 Å². The van der Waals surface area contributed by atoms with E-state index in [2.05, 4.69) is 16.9 Å². The molecule has 2 aromatic rings. The van der Waals surface area contributed by atoms with Gasteiger partial charge in [0.05, 0.1) is 5.69 Å². The van der Waals surface area contributed by atoms with E-state index >= 15 is 0 Å². The summed E-state index contributed by atoms with van der Waals surface area (Å²) in [5.74, 6) is -0.867. The second kappa shape index (κ2) is 8.84. The van der Waals surface area contributed by atoms with Crippen LogP contribution in [0.4, 0.5) is 15.8 Å². The zero-order chi connectivity index (χ0) is 20.1. The molecule has 0 aromatic heterocycles. The molecule has 7 heteroatoms. The maximum atomic E-state index is 13.0. The fraction of sp³-hybridized carbons (Fsp3) is 0.190. The highest BCUT2D eigenvalue weighted by molar-refractivity contribution is 8.15. The minimum absolute atomic E-state index is 0.00143.